The van der Waals surface area contributed by atoms with Crippen LogP contribution in [0.1, 0.15) is 11.1 Å². The van der Waals surface area contributed by atoms with Crippen molar-refractivity contribution in [2.75, 3.05) is 20.7 Å². The van der Waals surface area contributed by atoms with Gasteiger partial charge in [-0.3, -0.25) is 0 Å². The number of halogens is 1. The number of fused-ring (bicyclic) bond motifs is 1. The molecule has 0 spiro atoms. The highest BCUT2D eigenvalue weighted by Gasteiger charge is 2.43. The topological polar surface area (TPSA) is 55.6 Å². The number of ether oxygens (including phenoxy) is 2. The van der Waals surface area contributed by atoms with Gasteiger partial charge in [0.1, 0.15) is 11.9 Å². The Kier molecular flexibility index (Phi) is 7.94. The van der Waals surface area contributed by atoms with Gasteiger partial charge in [0, 0.05) is 18.3 Å². The Labute approximate surface area is 195 Å². The number of benzene rings is 3. The van der Waals surface area contributed by atoms with E-state index in [0.29, 0.717) is 13.2 Å². The molecule has 0 saturated heterocycles. The number of aliphatic hydroxyl groups is 1. The van der Waals surface area contributed by atoms with Crippen LogP contribution >= 0.6 is 12.4 Å². The normalized spacial score (nSPS) is 13.8. The van der Waals surface area contributed by atoms with Crippen LogP contribution in [0.5, 0.6) is 5.75 Å². The Morgan fingerprint density at radius 3 is 2.31 bits per heavy atom. The van der Waals surface area contributed by atoms with Crippen LogP contribution in [0.4, 0.5) is 0 Å². The first-order valence-electron chi connectivity index (χ1n) is 10.4. The zero-order valence-corrected chi connectivity index (χ0v) is 19.1. The average Bonchev–Trinajstić information content (AvgIpc) is 3.25. The number of likely N-dealkylation sites (N-methyl/N-ethyl adjacent to an activating group) is 1. The number of aliphatic hydroxyl groups excluding tert-OH is 1. The Hall–Kier alpha value is -2.83. The van der Waals surface area contributed by atoms with Gasteiger partial charge in [-0.2, -0.15) is 0 Å². The predicted octanol–water partition coefficient (Wildman–Crippen LogP) is 4.57. The molecule has 3 aromatic carbocycles. The minimum Gasteiger partial charge on any atom is -0.497 e. The highest BCUT2D eigenvalue weighted by Crippen LogP contribution is 2.36. The number of nitrogens with zero attached hydrogens (tertiary/aromatic N) is 1. The van der Waals surface area contributed by atoms with E-state index in [1.807, 2.05) is 84.5 Å². The van der Waals surface area contributed by atoms with E-state index < -0.39 is 11.8 Å². The van der Waals surface area contributed by atoms with E-state index in [2.05, 4.69) is 23.5 Å². The van der Waals surface area contributed by atoms with Crippen LogP contribution in [0, 0.1) is 0 Å². The average molecular weight is 453 g/mol. The zero-order chi connectivity index (χ0) is 21.7. The van der Waals surface area contributed by atoms with Crippen molar-refractivity contribution in [2.24, 2.45) is 0 Å². The third kappa shape index (κ3) is 4.52. The Bertz CT molecular complexity index is 1110. The van der Waals surface area contributed by atoms with Crippen molar-refractivity contribution in [2.45, 2.75) is 18.4 Å². The minimum atomic E-state index is -1.12. The largest absolute Gasteiger partial charge is 0.497 e. The standard InChI is InChI=1S/C26H28N2O3.ClH/c1-27-18-25(29)26(22-9-4-3-5-10-22,28-17-16-21-8-6-7-11-24(21)28)31-19-20-12-14-23(30-2)15-13-20;/h3-17,25,27,29H,18-19H2,1-2H3;1H. The van der Waals surface area contributed by atoms with Crippen molar-refractivity contribution in [1.29, 1.82) is 0 Å². The molecule has 6 heteroatoms. The highest BCUT2D eigenvalue weighted by atomic mass is 35.5. The van der Waals surface area contributed by atoms with Crippen LogP contribution < -0.4 is 10.1 Å². The Morgan fingerprint density at radius 2 is 1.62 bits per heavy atom. The van der Waals surface area contributed by atoms with Gasteiger partial charge in [0.05, 0.1) is 19.2 Å². The summed E-state index contributed by atoms with van der Waals surface area (Å²) in [5.74, 6) is 0.796. The van der Waals surface area contributed by atoms with Crippen molar-refractivity contribution >= 4 is 23.3 Å². The van der Waals surface area contributed by atoms with Gasteiger partial charge < -0.3 is 24.5 Å². The molecule has 0 aliphatic carbocycles. The molecule has 0 saturated carbocycles. The van der Waals surface area contributed by atoms with Gasteiger partial charge >= 0.3 is 0 Å². The van der Waals surface area contributed by atoms with E-state index in [1.165, 1.54) is 0 Å². The fourth-order valence-electron chi connectivity index (χ4n) is 4.04. The number of nitrogens with one attached hydrogen (secondary N) is 1. The summed E-state index contributed by atoms with van der Waals surface area (Å²) < 4.78 is 14.0. The van der Waals surface area contributed by atoms with E-state index in [-0.39, 0.29) is 12.4 Å². The van der Waals surface area contributed by atoms with Gasteiger partial charge in [-0.05, 0) is 42.3 Å². The van der Waals surface area contributed by atoms with Gasteiger partial charge in [-0.1, -0.05) is 60.7 Å². The van der Waals surface area contributed by atoms with Gasteiger partial charge in [0.15, 0.2) is 5.72 Å². The number of para-hydroxylation sites is 1. The molecule has 4 aromatic rings. The van der Waals surface area contributed by atoms with Gasteiger partial charge in [0.2, 0.25) is 0 Å². The second kappa shape index (κ2) is 10.7. The van der Waals surface area contributed by atoms with E-state index >= 15 is 0 Å². The first-order chi connectivity index (χ1) is 15.2. The molecular formula is C26H29ClN2O3. The van der Waals surface area contributed by atoms with E-state index in [0.717, 1.165) is 27.8 Å². The summed E-state index contributed by atoms with van der Waals surface area (Å²) in [7, 11) is 3.48. The summed E-state index contributed by atoms with van der Waals surface area (Å²) in [5, 5.41) is 15.7. The number of aromatic nitrogens is 1. The SMILES string of the molecule is CNCC(O)C(OCc1ccc(OC)cc1)(c1ccccc1)n1ccc2ccccc21.Cl. The second-order valence-electron chi connectivity index (χ2n) is 7.52. The lowest BCUT2D eigenvalue weighted by Gasteiger charge is -2.40. The first-order valence-corrected chi connectivity index (χ1v) is 10.4. The van der Waals surface area contributed by atoms with Gasteiger partial charge in [-0.25, -0.2) is 0 Å². The Morgan fingerprint density at radius 1 is 0.938 bits per heavy atom. The van der Waals surface area contributed by atoms with E-state index in [4.69, 9.17) is 9.47 Å². The maximum Gasteiger partial charge on any atom is 0.199 e. The molecule has 2 atom stereocenters. The van der Waals surface area contributed by atoms with Crippen LogP contribution in [0.3, 0.4) is 0 Å². The van der Waals surface area contributed by atoms with Crippen LogP contribution in [-0.4, -0.2) is 36.5 Å². The fraction of sp³-hybridized carbons (Fsp3) is 0.231. The fourth-order valence-corrected chi connectivity index (χ4v) is 4.04. The molecule has 1 heterocycles. The molecule has 0 aliphatic rings. The molecule has 0 aliphatic heterocycles. The third-order valence-corrected chi connectivity index (χ3v) is 5.61. The van der Waals surface area contributed by atoms with Crippen LogP contribution in [-0.2, 0) is 17.1 Å². The summed E-state index contributed by atoms with van der Waals surface area (Å²) in [6.45, 7) is 0.691. The number of methoxy groups -OCH3 is 1. The van der Waals surface area contributed by atoms with Crippen molar-refractivity contribution < 1.29 is 14.6 Å². The molecule has 0 bridgehead atoms. The number of rotatable bonds is 9. The predicted molar refractivity (Wildman–Crippen MR) is 130 cm³/mol. The lowest BCUT2D eigenvalue weighted by molar-refractivity contribution is -0.154. The minimum absolute atomic E-state index is 0. The lowest BCUT2D eigenvalue weighted by Crippen LogP contribution is -2.51. The molecule has 0 fully saturated rings. The monoisotopic (exact) mass is 452 g/mol. The summed E-state index contributed by atoms with van der Waals surface area (Å²) in [4.78, 5) is 0. The second-order valence-corrected chi connectivity index (χ2v) is 7.52. The van der Waals surface area contributed by atoms with E-state index in [9.17, 15) is 5.11 Å². The van der Waals surface area contributed by atoms with Crippen molar-refractivity contribution in [3.05, 3.63) is 102 Å². The molecule has 32 heavy (non-hydrogen) atoms. The van der Waals surface area contributed by atoms with Crippen molar-refractivity contribution in [3.8, 4) is 5.75 Å². The molecule has 0 radical (unpaired) electrons. The summed E-state index contributed by atoms with van der Waals surface area (Å²) in [6, 6.07) is 27.9. The molecule has 168 valence electrons. The summed E-state index contributed by atoms with van der Waals surface area (Å²) in [5.41, 5.74) is 1.76. The summed E-state index contributed by atoms with van der Waals surface area (Å²) >= 11 is 0. The number of hydrogen-bond acceptors (Lipinski definition) is 4. The maximum absolute atomic E-state index is 11.5. The third-order valence-electron chi connectivity index (χ3n) is 5.61. The lowest BCUT2D eigenvalue weighted by atomic mass is 9.95. The molecule has 5 nitrogen and oxygen atoms in total. The Balaban J connectivity index is 0.00000289. The van der Waals surface area contributed by atoms with Crippen molar-refractivity contribution in [3.63, 3.8) is 0 Å². The number of hydrogen-bond donors (Lipinski definition) is 2. The van der Waals surface area contributed by atoms with Crippen LogP contribution in [0.25, 0.3) is 10.9 Å². The molecule has 2 N–H and O–H groups in total. The molecular weight excluding hydrogens is 424 g/mol. The van der Waals surface area contributed by atoms with E-state index in [1.54, 1.807) is 7.11 Å². The highest BCUT2D eigenvalue weighted by molar-refractivity contribution is 5.85. The maximum atomic E-state index is 11.5. The van der Waals surface area contributed by atoms with Gasteiger partial charge in [0.25, 0.3) is 0 Å². The first kappa shape index (κ1) is 23.8. The van der Waals surface area contributed by atoms with Crippen LogP contribution in [0.2, 0.25) is 0 Å². The summed E-state index contributed by atoms with van der Waals surface area (Å²) in [6.07, 6.45) is 1.15. The molecule has 4 rings (SSSR count). The zero-order valence-electron chi connectivity index (χ0n) is 18.3. The van der Waals surface area contributed by atoms with Crippen molar-refractivity contribution in [1.82, 2.24) is 9.88 Å². The molecule has 2 unspecified atom stereocenters. The molecule has 0 amide bonds. The quantitative estimate of drug-likeness (QED) is 0.390. The molecule has 1 aromatic heterocycles. The van der Waals surface area contributed by atoms with Crippen LogP contribution in [0.15, 0.2) is 91.1 Å². The smallest absolute Gasteiger partial charge is 0.199 e. The van der Waals surface area contributed by atoms with Gasteiger partial charge in [-0.15, -0.1) is 12.4 Å².